The predicted octanol–water partition coefficient (Wildman–Crippen LogP) is 2.44. The molecule has 3 nitrogen and oxygen atoms in total. The fourth-order valence-corrected chi connectivity index (χ4v) is 2.32. The van der Waals surface area contributed by atoms with Crippen molar-refractivity contribution in [2.45, 2.75) is 19.4 Å². The number of hydrogen-bond acceptors (Lipinski definition) is 3. The van der Waals surface area contributed by atoms with Crippen molar-refractivity contribution in [3.63, 3.8) is 0 Å². The molecule has 1 saturated heterocycles. The van der Waals surface area contributed by atoms with Crippen LogP contribution in [0.4, 0.5) is 14.5 Å². The fraction of sp³-hybridized carbons (Fsp3) is 0.462. The summed E-state index contributed by atoms with van der Waals surface area (Å²) in [6.07, 6.45) is 0.920. The van der Waals surface area contributed by atoms with E-state index < -0.39 is 11.6 Å². The average molecular weight is 286 g/mol. The number of halogens is 2. The summed E-state index contributed by atoms with van der Waals surface area (Å²) in [5.74, 6) is -1.65. The van der Waals surface area contributed by atoms with Crippen molar-refractivity contribution in [1.29, 1.82) is 0 Å². The average Bonchev–Trinajstić information content (AvgIpc) is 2.88. The van der Waals surface area contributed by atoms with Crippen LogP contribution in [0.5, 0.6) is 0 Å². The summed E-state index contributed by atoms with van der Waals surface area (Å²) in [6, 6.07) is 2.85. The van der Waals surface area contributed by atoms with Crippen molar-refractivity contribution in [2.75, 3.05) is 18.5 Å². The Balaban J connectivity index is 2.16. The standard InChI is InChI=1S/C13H16F2N2OS/c1-7(8-4-5-18-6-8)17-10-3-2-9(13(16)19)11(14)12(10)15/h2-3,7-8,17H,4-6H2,1H3,(H2,16,19). The van der Waals surface area contributed by atoms with Gasteiger partial charge in [-0.2, -0.15) is 0 Å². The highest BCUT2D eigenvalue weighted by Gasteiger charge is 2.24. The molecular formula is C13H16F2N2OS. The third kappa shape index (κ3) is 3.01. The van der Waals surface area contributed by atoms with Crippen LogP contribution in [-0.4, -0.2) is 24.2 Å². The van der Waals surface area contributed by atoms with Gasteiger partial charge in [0.15, 0.2) is 11.6 Å². The zero-order valence-corrected chi connectivity index (χ0v) is 11.4. The SMILES string of the molecule is CC(Nc1ccc(C(N)=S)c(F)c1F)C1CCOC1. The molecule has 1 aliphatic heterocycles. The predicted molar refractivity (Wildman–Crippen MR) is 74.3 cm³/mol. The van der Waals surface area contributed by atoms with Crippen LogP contribution in [0.15, 0.2) is 12.1 Å². The number of hydrogen-bond donors (Lipinski definition) is 2. The van der Waals surface area contributed by atoms with Gasteiger partial charge in [0.1, 0.15) is 4.99 Å². The summed E-state index contributed by atoms with van der Waals surface area (Å²) in [4.78, 5) is -0.153. The Morgan fingerprint density at radius 3 is 2.79 bits per heavy atom. The maximum absolute atomic E-state index is 13.9. The van der Waals surface area contributed by atoms with Crippen molar-refractivity contribution < 1.29 is 13.5 Å². The largest absolute Gasteiger partial charge is 0.389 e. The summed E-state index contributed by atoms with van der Waals surface area (Å²) in [5.41, 5.74) is 5.37. The maximum atomic E-state index is 13.9. The molecule has 1 heterocycles. The van der Waals surface area contributed by atoms with E-state index in [1.165, 1.54) is 12.1 Å². The molecule has 19 heavy (non-hydrogen) atoms. The Hall–Kier alpha value is -1.27. The van der Waals surface area contributed by atoms with E-state index in [9.17, 15) is 8.78 Å². The van der Waals surface area contributed by atoms with E-state index in [1.807, 2.05) is 6.92 Å². The molecule has 2 atom stereocenters. The van der Waals surface area contributed by atoms with Crippen LogP contribution >= 0.6 is 12.2 Å². The molecular weight excluding hydrogens is 270 g/mol. The molecule has 0 saturated carbocycles. The van der Waals surface area contributed by atoms with Gasteiger partial charge in [-0.3, -0.25) is 0 Å². The first-order chi connectivity index (χ1) is 9.00. The first-order valence-corrected chi connectivity index (χ1v) is 6.53. The Bertz CT molecular complexity index is 490. The Kier molecular flexibility index (Phi) is 4.31. The highest BCUT2D eigenvalue weighted by atomic mass is 32.1. The molecule has 0 bridgehead atoms. The highest BCUT2D eigenvalue weighted by molar-refractivity contribution is 7.80. The van der Waals surface area contributed by atoms with Crippen LogP contribution in [0.2, 0.25) is 0 Å². The number of benzene rings is 1. The minimum atomic E-state index is -1.01. The van der Waals surface area contributed by atoms with Gasteiger partial charge in [-0.25, -0.2) is 8.78 Å². The minimum absolute atomic E-state index is 0.00655. The third-order valence-corrected chi connectivity index (χ3v) is 3.62. The summed E-state index contributed by atoms with van der Waals surface area (Å²) >= 11 is 4.66. The van der Waals surface area contributed by atoms with Gasteiger partial charge in [0.2, 0.25) is 0 Å². The van der Waals surface area contributed by atoms with E-state index in [4.69, 9.17) is 10.5 Å². The molecule has 6 heteroatoms. The molecule has 1 fully saturated rings. The van der Waals surface area contributed by atoms with Gasteiger partial charge in [-0.05, 0) is 25.5 Å². The maximum Gasteiger partial charge on any atom is 0.182 e. The Morgan fingerprint density at radius 2 is 2.21 bits per heavy atom. The van der Waals surface area contributed by atoms with Gasteiger partial charge >= 0.3 is 0 Å². The number of nitrogens with two attached hydrogens (primary N) is 1. The second-order valence-electron chi connectivity index (χ2n) is 4.71. The number of ether oxygens (including phenoxy) is 1. The van der Waals surface area contributed by atoms with Gasteiger partial charge in [-0.15, -0.1) is 0 Å². The van der Waals surface area contributed by atoms with E-state index in [0.29, 0.717) is 19.1 Å². The van der Waals surface area contributed by atoms with Gasteiger partial charge in [0, 0.05) is 24.1 Å². The lowest BCUT2D eigenvalue weighted by Crippen LogP contribution is -2.27. The lowest BCUT2D eigenvalue weighted by molar-refractivity contribution is 0.183. The van der Waals surface area contributed by atoms with Crippen LogP contribution in [0.1, 0.15) is 18.9 Å². The normalized spacial score (nSPS) is 20.3. The molecule has 3 N–H and O–H groups in total. The fourth-order valence-electron chi connectivity index (χ4n) is 2.16. The molecule has 104 valence electrons. The Morgan fingerprint density at radius 1 is 1.47 bits per heavy atom. The van der Waals surface area contributed by atoms with E-state index in [2.05, 4.69) is 17.5 Å². The summed E-state index contributed by atoms with van der Waals surface area (Å²) in [7, 11) is 0. The van der Waals surface area contributed by atoms with E-state index >= 15 is 0 Å². The van der Waals surface area contributed by atoms with E-state index in [0.717, 1.165) is 6.42 Å². The Labute approximate surface area is 116 Å². The number of anilines is 1. The molecule has 0 aliphatic carbocycles. The zero-order chi connectivity index (χ0) is 14.0. The van der Waals surface area contributed by atoms with Crippen molar-refractivity contribution >= 4 is 22.9 Å². The van der Waals surface area contributed by atoms with Crippen molar-refractivity contribution in [3.05, 3.63) is 29.3 Å². The molecule has 0 amide bonds. The molecule has 1 aromatic carbocycles. The van der Waals surface area contributed by atoms with Crippen LogP contribution in [-0.2, 0) is 4.74 Å². The first kappa shape index (κ1) is 14.1. The molecule has 1 aromatic rings. The van der Waals surface area contributed by atoms with E-state index in [1.54, 1.807) is 0 Å². The molecule has 0 aromatic heterocycles. The molecule has 0 spiro atoms. The van der Waals surface area contributed by atoms with Gasteiger partial charge in [-0.1, -0.05) is 12.2 Å². The smallest absolute Gasteiger partial charge is 0.182 e. The number of thiocarbonyl (C=S) groups is 1. The van der Waals surface area contributed by atoms with Crippen molar-refractivity contribution in [3.8, 4) is 0 Å². The van der Waals surface area contributed by atoms with Crippen LogP contribution < -0.4 is 11.1 Å². The zero-order valence-electron chi connectivity index (χ0n) is 10.6. The summed E-state index contributed by atoms with van der Waals surface area (Å²) in [6.45, 7) is 3.29. The minimum Gasteiger partial charge on any atom is -0.389 e. The lowest BCUT2D eigenvalue weighted by atomic mass is 10.0. The van der Waals surface area contributed by atoms with Crippen molar-refractivity contribution in [1.82, 2.24) is 0 Å². The van der Waals surface area contributed by atoms with Crippen molar-refractivity contribution in [2.24, 2.45) is 11.7 Å². The second-order valence-corrected chi connectivity index (χ2v) is 5.15. The second kappa shape index (κ2) is 5.79. The van der Waals surface area contributed by atoms with Gasteiger partial charge in [0.05, 0.1) is 12.3 Å². The number of nitrogens with one attached hydrogen (secondary N) is 1. The summed E-state index contributed by atoms with van der Waals surface area (Å²) < 4.78 is 32.9. The van der Waals surface area contributed by atoms with E-state index in [-0.39, 0.29) is 22.3 Å². The van der Waals surface area contributed by atoms with Gasteiger partial charge < -0.3 is 15.8 Å². The van der Waals surface area contributed by atoms with Crippen LogP contribution in [0.25, 0.3) is 0 Å². The lowest BCUT2D eigenvalue weighted by Gasteiger charge is -2.21. The highest BCUT2D eigenvalue weighted by Crippen LogP contribution is 2.24. The third-order valence-electron chi connectivity index (χ3n) is 3.40. The molecule has 2 rings (SSSR count). The molecule has 2 unspecified atom stereocenters. The van der Waals surface area contributed by atoms with Crippen LogP contribution in [0, 0.1) is 17.6 Å². The quantitative estimate of drug-likeness (QED) is 0.835. The monoisotopic (exact) mass is 286 g/mol. The van der Waals surface area contributed by atoms with Gasteiger partial charge in [0.25, 0.3) is 0 Å². The topological polar surface area (TPSA) is 47.3 Å². The molecule has 1 aliphatic rings. The number of rotatable bonds is 4. The summed E-state index contributed by atoms with van der Waals surface area (Å²) in [5, 5.41) is 2.98. The first-order valence-electron chi connectivity index (χ1n) is 6.12. The van der Waals surface area contributed by atoms with Crippen LogP contribution in [0.3, 0.4) is 0 Å². The molecule has 0 radical (unpaired) electrons.